The van der Waals surface area contributed by atoms with Gasteiger partial charge in [0.25, 0.3) is 0 Å². The largest absolute Gasteiger partial charge is 0.481 e. The van der Waals surface area contributed by atoms with Crippen molar-refractivity contribution in [2.75, 3.05) is 25.5 Å². The van der Waals surface area contributed by atoms with Crippen molar-refractivity contribution in [3.63, 3.8) is 0 Å². The van der Waals surface area contributed by atoms with Gasteiger partial charge in [0.05, 0.1) is 19.1 Å². The fourth-order valence-electron chi connectivity index (χ4n) is 1.89. The van der Waals surface area contributed by atoms with E-state index in [9.17, 15) is 14.4 Å². The second-order valence-corrected chi connectivity index (χ2v) is 6.64. The van der Waals surface area contributed by atoms with Crippen LogP contribution in [0.1, 0.15) is 34.1 Å². The molecule has 4 N–H and O–H groups in total. The van der Waals surface area contributed by atoms with Crippen molar-refractivity contribution >= 4 is 30.4 Å². The molecule has 0 aliphatic rings. The third-order valence-electron chi connectivity index (χ3n) is 2.87. The van der Waals surface area contributed by atoms with Gasteiger partial charge in [-0.3, -0.25) is 14.4 Å². The first-order valence-electron chi connectivity index (χ1n) is 7.86. The molecule has 0 aromatic carbocycles. The average molecular weight is 363 g/mol. The lowest BCUT2D eigenvalue weighted by Crippen LogP contribution is -2.57. The van der Waals surface area contributed by atoms with Crippen LogP contribution in [0.3, 0.4) is 0 Å². The number of ether oxygens (including phenoxy) is 1. The number of thiol groups is 1. The number of carbonyl (C=O) groups is 3. The van der Waals surface area contributed by atoms with Crippen LogP contribution in [0.15, 0.2) is 0 Å². The summed E-state index contributed by atoms with van der Waals surface area (Å²) in [5.41, 5.74) is -0.327. The highest BCUT2D eigenvalue weighted by Gasteiger charge is 2.28. The molecule has 0 saturated carbocycles. The molecule has 24 heavy (non-hydrogen) atoms. The zero-order chi connectivity index (χ0) is 18.8. The third-order valence-corrected chi connectivity index (χ3v) is 3.23. The van der Waals surface area contributed by atoms with Gasteiger partial charge in [-0.25, -0.2) is 0 Å². The Morgan fingerprint density at radius 2 is 1.79 bits per heavy atom. The van der Waals surface area contributed by atoms with Gasteiger partial charge in [-0.15, -0.1) is 0 Å². The van der Waals surface area contributed by atoms with Crippen LogP contribution in [0.5, 0.6) is 0 Å². The molecule has 2 amide bonds. The topological polar surface area (TPSA) is 117 Å². The fraction of sp³-hybridized carbons (Fsp3) is 0.800. The predicted molar refractivity (Wildman–Crippen MR) is 94.2 cm³/mol. The van der Waals surface area contributed by atoms with E-state index in [1.807, 2.05) is 27.7 Å². The van der Waals surface area contributed by atoms with Crippen LogP contribution in [-0.2, 0) is 19.1 Å². The van der Waals surface area contributed by atoms with E-state index in [1.54, 1.807) is 0 Å². The number of rotatable bonds is 11. The van der Waals surface area contributed by atoms with E-state index in [0.29, 0.717) is 13.2 Å². The maximum Gasteiger partial charge on any atom is 0.305 e. The normalized spacial score (nSPS) is 13.9. The number of carboxylic acid groups (broad SMARTS) is 1. The van der Waals surface area contributed by atoms with Crippen LogP contribution in [0.2, 0.25) is 0 Å². The van der Waals surface area contributed by atoms with E-state index in [1.165, 1.54) is 0 Å². The van der Waals surface area contributed by atoms with Gasteiger partial charge in [0, 0.05) is 24.4 Å². The smallest absolute Gasteiger partial charge is 0.305 e. The predicted octanol–water partition coefficient (Wildman–Crippen LogP) is -0.215. The minimum Gasteiger partial charge on any atom is -0.481 e. The van der Waals surface area contributed by atoms with E-state index in [-0.39, 0.29) is 17.8 Å². The zero-order valence-electron chi connectivity index (χ0n) is 14.7. The van der Waals surface area contributed by atoms with Gasteiger partial charge in [0.15, 0.2) is 0 Å². The molecule has 0 spiro atoms. The first-order valence-corrected chi connectivity index (χ1v) is 8.50. The summed E-state index contributed by atoms with van der Waals surface area (Å²) in [5, 5.41) is 17.1. The van der Waals surface area contributed by atoms with E-state index in [2.05, 4.69) is 28.6 Å². The Labute approximate surface area is 148 Å². The van der Waals surface area contributed by atoms with Crippen LogP contribution in [0, 0.1) is 0 Å². The van der Waals surface area contributed by atoms with Gasteiger partial charge < -0.3 is 25.8 Å². The minimum atomic E-state index is -1.17. The highest BCUT2D eigenvalue weighted by molar-refractivity contribution is 7.80. The molecule has 0 aromatic heterocycles. The van der Waals surface area contributed by atoms with E-state index in [0.717, 1.165) is 0 Å². The quantitative estimate of drug-likeness (QED) is 0.256. The van der Waals surface area contributed by atoms with Crippen molar-refractivity contribution in [1.82, 2.24) is 16.0 Å². The Morgan fingerprint density at radius 3 is 2.25 bits per heavy atom. The van der Waals surface area contributed by atoms with Crippen LogP contribution in [-0.4, -0.2) is 66.0 Å². The first-order chi connectivity index (χ1) is 11.1. The summed E-state index contributed by atoms with van der Waals surface area (Å²) in [6.07, 6.45) is -0.499. The number of hydrogen-bond acceptors (Lipinski definition) is 6. The molecule has 0 bridgehead atoms. The molecule has 0 aliphatic heterocycles. The number of carbonyl (C=O) groups excluding carboxylic acids is 2. The number of nitrogens with one attached hydrogen (secondary N) is 3. The summed E-state index contributed by atoms with van der Waals surface area (Å²) in [5.74, 6) is -1.98. The molecule has 2 atom stereocenters. The van der Waals surface area contributed by atoms with Crippen molar-refractivity contribution in [3.8, 4) is 0 Å². The summed E-state index contributed by atoms with van der Waals surface area (Å²) in [7, 11) is 0. The molecule has 2 unspecified atom stereocenters. The molecule has 9 heteroatoms. The van der Waals surface area contributed by atoms with Crippen molar-refractivity contribution in [1.29, 1.82) is 0 Å². The fourth-order valence-corrected chi connectivity index (χ4v) is 2.14. The highest BCUT2D eigenvalue weighted by atomic mass is 32.1. The second-order valence-electron chi connectivity index (χ2n) is 6.28. The van der Waals surface area contributed by atoms with E-state index in [4.69, 9.17) is 9.84 Å². The number of aliphatic carboxylic acids is 1. The molecule has 0 radical (unpaired) electrons. The molecular weight excluding hydrogens is 334 g/mol. The van der Waals surface area contributed by atoms with Gasteiger partial charge >= 0.3 is 5.97 Å². The standard InChI is InChI=1S/C15H29N3O5S/c1-5-23-7-6-16-13(21)10(8-12(19)20)17-14(22)11(9-24)18-15(2,3)4/h10-11,18,24H,5-9H2,1-4H3,(H,16,21)(H,17,22)(H,19,20). The zero-order valence-corrected chi connectivity index (χ0v) is 15.6. The average Bonchev–Trinajstić information content (AvgIpc) is 2.46. The lowest BCUT2D eigenvalue weighted by molar-refractivity contribution is -0.140. The molecule has 0 aliphatic carbocycles. The molecule has 0 fully saturated rings. The Morgan fingerprint density at radius 1 is 1.17 bits per heavy atom. The van der Waals surface area contributed by atoms with Crippen LogP contribution in [0.4, 0.5) is 0 Å². The summed E-state index contributed by atoms with van der Waals surface area (Å²) >= 11 is 4.13. The van der Waals surface area contributed by atoms with Crippen molar-refractivity contribution in [2.24, 2.45) is 0 Å². The Hall–Kier alpha value is -1.32. The van der Waals surface area contributed by atoms with E-state index < -0.39 is 36.3 Å². The first kappa shape index (κ1) is 22.7. The monoisotopic (exact) mass is 363 g/mol. The second kappa shape index (κ2) is 11.3. The van der Waals surface area contributed by atoms with Gasteiger partial charge in [-0.2, -0.15) is 12.6 Å². The minimum absolute atomic E-state index is 0.217. The van der Waals surface area contributed by atoms with Gasteiger partial charge in [0.1, 0.15) is 6.04 Å². The van der Waals surface area contributed by atoms with Crippen LogP contribution < -0.4 is 16.0 Å². The highest BCUT2D eigenvalue weighted by Crippen LogP contribution is 2.04. The van der Waals surface area contributed by atoms with Crippen molar-refractivity contribution in [2.45, 2.75) is 51.7 Å². The molecule has 0 aromatic rings. The molecule has 140 valence electrons. The Bertz CT molecular complexity index is 426. The maximum absolute atomic E-state index is 12.3. The van der Waals surface area contributed by atoms with Crippen molar-refractivity contribution < 1.29 is 24.2 Å². The Balaban J connectivity index is 4.77. The number of amides is 2. The number of hydrogen-bond donors (Lipinski definition) is 5. The van der Waals surface area contributed by atoms with Gasteiger partial charge in [0.2, 0.25) is 11.8 Å². The molecule has 8 nitrogen and oxygen atoms in total. The van der Waals surface area contributed by atoms with Crippen LogP contribution >= 0.6 is 12.6 Å². The molecular formula is C15H29N3O5S. The van der Waals surface area contributed by atoms with Gasteiger partial charge in [-0.1, -0.05) is 0 Å². The summed E-state index contributed by atoms with van der Waals surface area (Å²) in [6, 6.07) is -1.79. The summed E-state index contributed by atoms with van der Waals surface area (Å²) in [4.78, 5) is 35.3. The molecule has 0 rings (SSSR count). The van der Waals surface area contributed by atoms with E-state index >= 15 is 0 Å². The van der Waals surface area contributed by atoms with Gasteiger partial charge in [-0.05, 0) is 27.7 Å². The maximum atomic E-state index is 12.3. The lowest BCUT2D eigenvalue weighted by Gasteiger charge is -2.28. The SMILES string of the molecule is CCOCCNC(=O)C(CC(=O)O)NC(=O)C(CS)NC(C)(C)C. The third kappa shape index (κ3) is 10.5. The number of carboxylic acids is 1. The Kier molecular flexibility index (Phi) is 10.7. The summed E-state index contributed by atoms with van der Waals surface area (Å²) in [6.45, 7) is 8.60. The molecule has 0 heterocycles. The summed E-state index contributed by atoms with van der Waals surface area (Å²) < 4.78 is 5.10. The van der Waals surface area contributed by atoms with Crippen LogP contribution in [0.25, 0.3) is 0 Å². The molecule has 0 saturated heterocycles. The lowest BCUT2D eigenvalue weighted by atomic mass is 10.1. The van der Waals surface area contributed by atoms with Crippen molar-refractivity contribution in [3.05, 3.63) is 0 Å².